The fourth-order valence-electron chi connectivity index (χ4n) is 3.60. The SMILES string of the molecule is CCCN(CCC)CC(CC)(CC)N[Si](CC)(CC)CC. The molecule has 0 aromatic heterocycles. The molecule has 0 saturated heterocycles. The molecule has 0 spiro atoms. The van der Waals surface area contributed by atoms with Crippen molar-refractivity contribution in [2.45, 2.75) is 97.8 Å². The van der Waals surface area contributed by atoms with E-state index in [1.54, 1.807) is 0 Å². The maximum Gasteiger partial charge on any atom is 0.125 e. The summed E-state index contributed by atoms with van der Waals surface area (Å²) in [5.74, 6) is 0. The van der Waals surface area contributed by atoms with Crippen molar-refractivity contribution >= 4 is 8.24 Å². The van der Waals surface area contributed by atoms with Crippen LogP contribution in [-0.4, -0.2) is 38.3 Å². The predicted octanol–water partition coefficient (Wildman–Crippen LogP) is 5.26. The molecule has 0 aliphatic rings. The molecule has 0 aliphatic heterocycles. The summed E-state index contributed by atoms with van der Waals surface area (Å²) in [4.78, 5) is 6.97. The summed E-state index contributed by atoms with van der Waals surface area (Å²) in [6.45, 7) is 20.3. The molecule has 0 rings (SSSR count). The minimum absolute atomic E-state index is 0.332. The van der Waals surface area contributed by atoms with E-state index in [-0.39, 0.29) is 0 Å². The average molecular weight is 315 g/mol. The average Bonchev–Trinajstić information content (AvgIpc) is 2.52. The van der Waals surface area contributed by atoms with Gasteiger partial charge >= 0.3 is 0 Å². The number of rotatable bonds is 13. The number of nitrogens with one attached hydrogen (secondary N) is 1. The van der Waals surface area contributed by atoms with Crippen LogP contribution in [0.3, 0.4) is 0 Å². The van der Waals surface area contributed by atoms with Gasteiger partial charge in [0.2, 0.25) is 0 Å². The Hall–Kier alpha value is 0.137. The summed E-state index contributed by atoms with van der Waals surface area (Å²) in [6, 6.07) is 4.09. The van der Waals surface area contributed by atoms with Crippen LogP contribution in [0.4, 0.5) is 0 Å². The smallest absolute Gasteiger partial charge is 0.125 e. The summed E-state index contributed by atoms with van der Waals surface area (Å²) in [7, 11) is -1.28. The van der Waals surface area contributed by atoms with Gasteiger partial charge in [0.25, 0.3) is 0 Å². The standard InChI is InChI=1S/C18H42N2Si/c1-8-15-20(16-9-2)17-18(10-3,11-4)19-21(12-5,13-6)14-7/h19H,8-17H2,1-7H3. The minimum Gasteiger partial charge on any atom is -0.331 e. The lowest BCUT2D eigenvalue weighted by molar-refractivity contribution is 0.184. The quantitative estimate of drug-likeness (QED) is 0.466. The molecule has 21 heavy (non-hydrogen) atoms. The molecule has 0 radical (unpaired) electrons. The van der Waals surface area contributed by atoms with Crippen LogP contribution in [0.15, 0.2) is 0 Å². The maximum absolute atomic E-state index is 4.27. The van der Waals surface area contributed by atoms with Gasteiger partial charge in [-0.15, -0.1) is 0 Å². The highest BCUT2D eigenvalue weighted by molar-refractivity contribution is 6.77. The summed E-state index contributed by atoms with van der Waals surface area (Å²) in [5, 5.41) is 0. The fraction of sp³-hybridized carbons (Fsp3) is 1.00. The molecular weight excluding hydrogens is 272 g/mol. The molecule has 0 heterocycles. The summed E-state index contributed by atoms with van der Waals surface area (Å²) < 4.78 is 0. The molecule has 0 unspecified atom stereocenters. The van der Waals surface area contributed by atoms with Crippen LogP contribution in [-0.2, 0) is 0 Å². The summed E-state index contributed by atoms with van der Waals surface area (Å²) in [5.41, 5.74) is 0.332. The Bertz CT molecular complexity index is 233. The van der Waals surface area contributed by atoms with Crippen molar-refractivity contribution in [2.24, 2.45) is 0 Å². The monoisotopic (exact) mass is 314 g/mol. The largest absolute Gasteiger partial charge is 0.331 e. The second-order valence-corrected chi connectivity index (χ2v) is 11.7. The molecule has 3 heteroatoms. The lowest BCUT2D eigenvalue weighted by atomic mass is 9.93. The Labute approximate surface area is 136 Å². The number of hydrogen-bond donors (Lipinski definition) is 1. The second-order valence-electron chi connectivity index (χ2n) is 6.73. The molecule has 0 aromatic carbocycles. The molecular formula is C18H42N2Si. The molecule has 0 fully saturated rings. The topological polar surface area (TPSA) is 15.3 Å². The van der Waals surface area contributed by atoms with E-state index in [1.807, 2.05) is 0 Å². The van der Waals surface area contributed by atoms with Gasteiger partial charge in [0.15, 0.2) is 0 Å². The molecule has 0 saturated carbocycles. The first-order valence-corrected chi connectivity index (χ1v) is 12.1. The summed E-state index contributed by atoms with van der Waals surface area (Å²) >= 11 is 0. The van der Waals surface area contributed by atoms with Gasteiger partial charge in [0.1, 0.15) is 8.24 Å². The predicted molar refractivity (Wildman–Crippen MR) is 101 cm³/mol. The van der Waals surface area contributed by atoms with E-state index >= 15 is 0 Å². The molecule has 0 aromatic rings. The zero-order chi connectivity index (χ0) is 16.4. The Morgan fingerprint density at radius 1 is 0.762 bits per heavy atom. The Morgan fingerprint density at radius 2 is 1.19 bits per heavy atom. The van der Waals surface area contributed by atoms with Gasteiger partial charge in [-0.1, -0.05) is 48.5 Å². The van der Waals surface area contributed by atoms with E-state index in [4.69, 9.17) is 0 Å². The summed E-state index contributed by atoms with van der Waals surface area (Å²) in [6.07, 6.45) is 5.03. The van der Waals surface area contributed by atoms with Crippen molar-refractivity contribution in [1.29, 1.82) is 0 Å². The second kappa shape index (κ2) is 10.8. The van der Waals surface area contributed by atoms with Crippen LogP contribution < -0.4 is 4.98 Å². The highest BCUT2D eigenvalue weighted by Crippen LogP contribution is 2.26. The fourth-order valence-corrected chi connectivity index (χ4v) is 7.19. The van der Waals surface area contributed by atoms with Crippen LogP contribution in [0.1, 0.15) is 74.1 Å². The van der Waals surface area contributed by atoms with E-state index in [0.717, 1.165) is 0 Å². The molecule has 128 valence electrons. The molecule has 1 N–H and O–H groups in total. The van der Waals surface area contributed by atoms with Gasteiger partial charge in [-0.3, -0.25) is 0 Å². The number of nitrogens with zero attached hydrogens (tertiary/aromatic N) is 1. The number of hydrogen-bond acceptors (Lipinski definition) is 2. The zero-order valence-corrected chi connectivity index (χ0v) is 17.0. The maximum atomic E-state index is 4.27. The van der Waals surface area contributed by atoms with Crippen molar-refractivity contribution in [1.82, 2.24) is 9.88 Å². The van der Waals surface area contributed by atoms with Crippen molar-refractivity contribution in [3.63, 3.8) is 0 Å². The van der Waals surface area contributed by atoms with Gasteiger partial charge in [0, 0.05) is 12.1 Å². The van der Waals surface area contributed by atoms with Crippen LogP contribution >= 0.6 is 0 Å². The van der Waals surface area contributed by atoms with E-state index < -0.39 is 8.24 Å². The van der Waals surface area contributed by atoms with Crippen LogP contribution in [0.2, 0.25) is 18.1 Å². The molecule has 2 nitrogen and oxygen atoms in total. The first-order chi connectivity index (χ1) is 10.0. The van der Waals surface area contributed by atoms with Gasteiger partial charge in [-0.05, 0) is 56.9 Å². The van der Waals surface area contributed by atoms with E-state index in [1.165, 1.54) is 63.4 Å². The molecule has 0 aliphatic carbocycles. The van der Waals surface area contributed by atoms with Crippen LogP contribution in [0.5, 0.6) is 0 Å². The van der Waals surface area contributed by atoms with Crippen molar-refractivity contribution in [3.05, 3.63) is 0 Å². The van der Waals surface area contributed by atoms with Gasteiger partial charge in [0.05, 0.1) is 0 Å². The van der Waals surface area contributed by atoms with E-state index in [0.29, 0.717) is 5.54 Å². The lowest BCUT2D eigenvalue weighted by Crippen LogP contribution is -2.64. The third-order valence-electron chi connectivity index (χ3n) is 5.52. The van der Waals surface area contributed by atoms with Crippen molar-refractivity contribution in [2.75, 3.05) is 19.6 Å². The van der Waals surface area contributed by atoms with Crippen molar-refractivity contribution in [3.8, 4) is 0 Å². The highest BCUT2D eigenvalue weighted by atomic mass is 28.3. The minimum atomic E-state index is -1.28. The van der Waals surface area contributed by atoms with Gasteiger partial charge < -0.3 is 9.88 Å². The van der Waals surface area contributed by atoms with E-state index in [9.17, 15) is 0 Å². The zero-order valence-electron chi connectivity index (χ0n) is 16.0. The van der Waals surface area contributed by atoms with E-state index in [2.05, 4.69) is 58.3 Å². The third-order valence-corrected chi connectivity index (χ3v) is 10.6. The molecule has 0 atom stereocenters. The Morgan fingerprint density at radius 3 is 1.48 bits per heavy atom. The third kappa shape index (κ3) is 6.41. The van der Waals surface area contributed by atoms with Gasteiger partial charge in [-0.25, -0.2) is 0 Å². The lowest BCUT2D eigenvalue weighted by Gasteiger charge is -2.45. The normalized spacial score (nSPS) is 13.1. The van der Waals surface area contributed by atoms with Crippen LogP contribution in [0.25, 0.3) is 0 Å². The molecule has 0 amide bonds. The Balaban J connectivity index is 5.12. The Kier molecular flexibility index (Phi) is 10.9. The first-order valence-electron chi connectivity index (χ1n) is 9.52. The van der Waals surface area contributed by atoms with Crippen LogP contribution in [0, 0.1) is 0 Å². The van der Waals surface area contributed by atoms with Crippen molar-refractivity contribution < 1.29 is 0 Å². The highest BCUT2D eigenvalue weighted by Gasteiger charge is 2.37. The van der Waals surface area contributed by atoms with Gasteiger partial charge in [-0.2, -0.15) is 0 Å². The first kappa shape index (κ1) is 21.1. The molecule has 0 bridgehead atoms.